The number of fused-ring (bicyclic) bond motifs is 14. The first-order valence-corrected chi connectivity index (χ1v) is 20.0. The van der Waals surface area contributed by atoms with Gasteiger partial charge in [-0.2, -0.15) is 0 Å². The maximum Gasteiger partial charge on any atom is 0.131 e. The van der Waals surface area contributed by atoms with Crippen molar-refractivity contribution >= 4 is 88.0 Å². The van der Waals surface area contributed by atoms with E-state index in [1.165, 1.54) is 103 Å². The summed E-state index contributed by atoms with van der Waals surface area (Å²) >= 11 is 1.88. The molecule has 3 aromatic heterocycles. The van der Waals surface area contributed by atoms with Gasteiger partial charge in [0.05, 0.1) is 27.8 Å². The van der Waals surface area contributed by atoms with Crippen molar-refractivity contribution in [1.29, 1.82) is 0 Å². The lowest BCUT2D eigenvalue weighted by atomic mass is 10.00. The molecular weight excluding hydrogens is 699 g/mol. The molecular formula is C52H31N3S. The van der Waals surface area contributed by atoms with Crippen molar-refractivity contribution in [3.8, 4) is 28.2 Å². The molecule has 0 amide bonds. The molecule has 0 aliphatic carbocycles. The second-order valence-electron chi connectivity index (χ2n) is 14.9. The van der Waals surface area contributed by atoms with Crippen molar-refractivity contribution in [2.45, 2.75) is 9.79 Å². The molecule has 0 N–H and O–H groups in total. The Morgan fingerprint density at radius 2 is 0.946 bits per heavy atom. The van der Waals surface area contributed by atoms with Crippen molar-refractivity contribution in [3.05, 3.63) is 188 Å². The minimum atomic E-state index is 1.16. The van der Waals surface area contributed by atoms with Gasteiger partial charge in [-0.25, -0.2) is 0 Å². The van der Waals surface area contributed by atoms with E-state index in [4.69, 9.17) is 0 Å². The fourth-order valence-corrected chi connectivity index (χ4v) is 10.7. The summed E-state index contributed by atoms with van der Waals surface area (Å²) in [7, 11) is 0. The van der Waals surface area contributed by atoms with E-state index >= 15 is 0 Å². The summed E-state index contributed by atoms with van der Waals surface area (Å²) in [6, 6.07) is 69.3. The number of nitrogens with zero attached hydrogens (tertiary/aromatic N) is 3. The molecule has 0 atom stereocenters. The minimum absolute atomic E-state index is 1.16. The van der Waals surface area contributed by atoms with E-state index in [0.29, 0.717) is 0 Å². The van der Waals surface area contributed by atoms with Crippen LogP contribution in [0.15, 0.2) is 198 Å². The van der Waals surface area contributed by atoms with E-state index in [2.05, 4.69) is 202 Å². The Morgan fingerprint density at radius 3 is 1.68 bits per heavy atom. The van der Waals surface area contributed by atoms with Gasteiger partial charge in [-0.05, 0) is 93.3 Å². The van der Waals surface area contributed by atoms with E-state index in [1.54, 1.807) is 0 Å². The highest BCUT2D eigenvalue weighted by Crippen LogP contribution is 2.50. The Balaban J connectivity index is 1.02. The molecule has 0 unspecified atom stereocenters. The number of aromatic nitrogens is 3. The number of para-hydroxylation sites is 3. The quantitative estimate of drug-likeness (QED) is 0.177. The molecule has 4 heteroatoms. The van der Waals surface area contributed by atoms with Crippen LogP contribution in [0, 0.1) is 0 Å². The molecule has 0 bridgehead atoms. The van der Waals surface area contributed by atoms with Gasteiger partial charge in [0.2, 0.25) is 0 Å². The summed E-state index contributed by atoms with van der Waals surface area (Å²) < 4.78 is 7.43. The average molecular weight is 730 g/mol. The van der Waals surface area contributed by atoms with E-state index < -0.39 is 0 Å². The molecule has 0 fully saturated rings. The Morgan fingerprint density at radius 1 is 0.339 bits per heavy atom. The Hall–Kier alpha value is -7.01. The van der Waals surface area contributed by atoms with Crippen molar-refractivity contribution in [1.82, 2.24) is 13.7 Å². The Kier molecular flexibility index (Phi) is 6.10. The predicted molar refractivity (Wildman–Crippen MR) is 237 cm³/mol. The maximum absolute atomic E-state index is 2.53. The van der Waals surface area contributed by atoms with Crippen LogP contribution in [-0.2, 0) is 0 Å². The molecule has 1 aliphatic rings. The predicted octanol–water partition coefficient (Wildman–Crippen LogP) is 14.3. The molecule has 0 saturated heterocycles. The fourth-order valence-electron chi connectivity index (χ4n) is 9.63. The summed E-state index contributed by atoms with van der Waals surface area (Å²) in [5.74, 6) is 0. The lowest BCUT2D eigenvalue weighted by molar-refractivity contribution is 1.03. The van der Waals surface area contributed by atoms with E-state index in [-0.39, 0.29) is 0 Å². The van der Waals surface area contributed by atoms with Gasteiger partial charge in [-0.15, -0.1) is 0 Å². The molecule has 13 rings (SSSR count). The fraction of sp³-hybridized carbons (Fsp3) is 0. The van der Waals surface area contributed by atoms with Gasteiger partial charge in [0.1, 0.15) is 5.65 Å². The van der Waals surface area contributed by atoms with Crippen molar-refractivity contribution in [2.75, 3.05) is 0 Å². The van der Waals surface area contributed by atoms with Gasteiger partial charge < -0.3 is 4.57 Å². The molecule has 9 aromatic carbocycles. The maximum atomic E-state index is 2.53. The van der Waals surface area contributed by atoms with Crippen molar-refractivity contribution in [3.63, 3.8) is 0 Å². The van der Waals surface area contributed by atoms with Gasteiger partial charge in [0.15, 0.2) is 0 Å². The van der Waals surface area contributed by atoms with Gasteiger partial charge >= 0.3 is 0 Å². The van der Waals surface area contributed by atoms with E-state index in [0.717, 1.165) is 11.4 Å². The molecule has 0 saturated carbocycles. The third kappa shape index (κ3) is 4.03. The van der Waals surface area contributed by atoms with Crippen LogP contribution in [0.1, 0.15) is 0 Å². The summed E-state index contributed by atoms with van der Waals surface area (Å²) in [5.41, 5.74) is 12.1. The Bertz CT molecular complexity index is 3510. The van der Waals surface area contributed by atoms with Crippen LogP contribution in [0.2, 0.25) is 0 Å². The normalized spacial score (nSPS) is 12.6. The summed E-state index contributed by atoms with van der Waals surface area (Å²) in [4.78, 5) is 2.55. The zero-order valence-corrected chi connectivity index (χ0v) is 31.0. The average Bonchev–Trinajstić information content (AvgIpc) is 3.91. The first-order chi connectivity index (χ1) is 27.8. The van der Waals surface area contributed by atoms with Crippen LogP contribution in [0.5, 0.6) is 0 Å². The van der Waals surface area contributed by atoms with E-state index in [1.807, 2.05) is 11.8 Å². The summed E-state index contributed by atoms with van der Waals surface area (Å²) in [5, 5.41) is 11.6. The lowest BCUT2D eigenvalue weighted by Crippen LogP contribution is -2.06. The molecule has 12 aromatic rings. The van der Waals surface area contributed by atoms with Crippen LogP contribution in [-0.4, -0.2) is 13.7 Å². The third-order valence-corrected chi connectivity index (χ3v) is 13.1. The summed E-state index contributed by atoms with van der Waals surface area (Å²) in [6.45, 7) is 0. The molecule has 0 radical (unpaired) electrons. The molecule has 0 spiro atoms. The summed E-state index contributed by atoms with van der Waals surface area (Å²) in [6.07, 6.45) is 0. The third-order valence-electron chi connectivity index (χ3n) is 12.0. The molecule has 3 nitrogen and oxygen atoms in total. The minimum Gasteiger partial charge on any atom is -0.309 e. The highest BCUT2D eigenvalue weighted by molar-refractivity contribution is 7.99. The highest BCUT2D eigenvalue weighted by atomic mass is 32.2. The van der Waals surface area contributed by atoms with E-state index in [9.17, 15) is 0 Å². The highest BCUT2D eigenvalue weighted by Gasteiger charge is 2.28. The molecule has 1 aliphatic heterocycles. The standard InChI is InChI=1S/C52H31N3S/c1-2-13-36(14-3-1)54-42-19-9-8-17-40(42)48-41-18-10-20-47-51(41)55(52(48)54)45-31-35(25-30-46(45)56-47)32-21-26-37(27-22-32)53-43-28-23-33-11-4-6-15-38(33)49(43)50-39-16-7-5-12-34(39)24-29-44(50)53/h1-31H. The molecule has 56 heavy (non-hydrogen) atoms. The second-order valence-corrected chi connectivity index (χ2v) is 16.0. The largest absolute Gasteiger partial charge is 0.309 e. The zero-order valence-electron chi connectivity index (χ0n) is 30.1. The Labute approximate surface area is 326 Å². The van der Waals surface area contributed by atoms with Crippen molar-refractivity contribution in [2.24, 2.45) is 0 Å². The second kappa shape index (κ2) is 11.3. The monoisotopic (exact) mass is 729 g/mol. The zero-order chi connectivity index (χ0) is 36.5. The van der Waals surface area contributed by atoms with Crippen LogP contribution < -0.4 is 0 Å². The van der Waals surface area contributed by atoms with Gasteiger partial charge in [-0.1, -0.05) is 139 Å². The molecule has 260 valence electrons. The van der Waals surface area contributed by atoms with Crippen LogP contribution in [0.4, 0.5) is 0 Å². The topological polar surface area (TPSA) is 14.8 Å². The van der Waals surface area contributed by atoms with Crippen LogP contribution in [0.25, 0.3) is 104 Å². The number of benzene rings is 9. The number of hydrogen-bond donors (Lipinski definition) is 0. The van der Waals surface area contributed by atoms with Gasteiger partial charge in [0, 0.05) is 48.1 Å². The van der Waals surface area contributed by atoms with Gasteiger partial charge in [-0.3, -0.25) is 9.13 Å². The van der Waals surface area contributed by atoms with Gasteiger partial charge in [0.25, 0.3) is 0 Å². The van der Waals surface area contributed by atoms with Crippen LogP contribution in [0.3, 0.4) is 0 Å². The number of rotatable bonds is 3. The lowest BCUT2D eigenvalue weighted by Gasteiger charge is -2.22. The first kappa shape index (κ1) is 30.3. The van der Waals surface area contributed by atoms with Crippen LogP contribution >= 0.6 is 11.8 Å². The number of hydrogen-bond acceptors (Lipinski definition) is 1. The smallest absolute Gasteiger partial charge is 0.131 e. The first-order valence-electron chi connectivity index (χ1n) is 19.2. The molecule has 4 heterocycles. The SMILES string of the molecule is c1ccc(-n2c3ccccc3c3c4cccc5c4n(c32)-c2cc(-c3ccc(-n4c6ccc7ccccc7c6c6c7ccccc7ccc64)cc3)ccc2S5)cc1. The van der Waals surface area contributed by atoms with Crippen molar-refractivity contribution < 1.29 is 0 Å².